The number of rotatable bonds is 8. The van der Waals surface area contributed by atoms with Gasteiger partial charge in [-0.15, -0.1) is 0 Å². The molecular formula is C22H22N2O5S. The van der Waals surface area contributed by atoms with Crippen molar-refractivity contribution in [3.63, 3.8) is 0 Å². The van der Waals surface area contributed by atoms with Crippen LogP contribution in [0.2, 0.25) is 0 Å². The van der Waals surface area contributed by atoms with Gasteiger partial charge in [-0.1, -0.05) is 18.2 Å². The Hall–Kier alpha value is -3.39. The van der Waals surface area contributed by atoms with E-state index >= 15 is 0 Å². The monoisotopic (exact) mass is 426 g/mol. The Morgan fingerprint density at radius 3 is 2.37 bits per heavy atom. The number of benzene rings is 2. The second-order valence-corrected chi connectivity index (χ2v) is 8.54. The molecule has 0 aliphatic rings. The molecule has 1 N–H and O–H groups in total. The quantitative estimate of drug-likeness (QED) is 0.595. The van der Waals surface area contributed by atoms with Crippen LogP contribution in [-0.2, 0) is 9.84 Å². The lowest BCUT2D eigenvalue weighted by Gasteiger charge is -2.19. The lowest BCUT2D eigenvalue weighted by Crippen LogP contribution is -2.32. The lowest BCUT2D eigenvalue weighted by molar-refractivity contribution is 0.0950. The van der Waals surface area contributed by atoms with E-state index in [1.165, 1.54) is 32.5 Å². The summed E-state index contributed by atoms with van der Waals surface area (Å²) in [5.41, 5.74) is 0.806. The highest BCUT2D eigenvalue weighted by Gasteiger charge is 2.30. The molecule has 3 rings (SSSR count). The van der Waals surface area contributed by atoms with E-state index < -0.39 is 21.0 Å². The summed E-state index contributed by atoms with van der Waals surface area (Å²) >= 11 is 0. The number of carbonyl (C=O) groups excluding carboxylic acids is 1. The summed E-state index contributed by atoms with van der Waals surface area (Å²) in [5, 5.41) is 1.70. The van der Waals surface area contributed by atoms with Gasteiger partial charge in [-0.25, -0.2) is 8.42 Å². The third-order valence-electron chi connectivity index (χ3n) is 4.62. The van der Waals surface area contributed by atoms with Crippen molar-refractivity contribution in [2.45, 2.75) is 10.1 Å². The number of aromatic nitrogens is 1. The summed E-state index contributed by atoms with van der Waals surface area (Å²) in [6.07, 6.45) is 3.05. The SMILES string of the molecule is COc1ccc(S(=O)(=O)C(CNC(=O)c2ccccc2OC)c2cccnc2)cc1. The van der Waals surface area contributed by atoms with Crippen LogP contribution in [0.25, 0.3) is 0 Å². The fraction of sp³-hybridized carbons (Fsp3) is 0.182. The van der Waals surface area contributed by atoms with E-state index in [2.05, 4.69) is 10.3 Å². The molecule has 0 aliphatic heterocycles. The number of carbonyl (C=O) groups is 1. The van der Waals surface area contributed by atoms with Crippen molar-refractivity contribution in [1.29, 1.82) is 0 Å². The topological polar surface area (TPSA) is 94.6 Å². The van der Waals surface area contributed by atoms with Gasteiger partial charge in [-0.05, 0) is 48.0 Å². The van der Waals surface area contributed by atoms with Gasteiger partial charge in [0.25, 0.3) is 5.91 Å². The maximum atomic E-state index is 13.4. The number of sulfone groups is 1. The number of amides is 1. The highest BCUT2D eigenvalue weighted by atomic mass is 32.2. The maximum absolute atomic E-state index is 13.4. The summed E-state index contributed by atoms with van der Waals surface area (Å²) in [5.74, 6) is 0.536. The smallest absolute Gasteiger partial charge is 0.255 e. The minimum absolute atomic E-state index is 0.128. The Labute approximate surface area is 175 Å². The summed E-state index contributed by atoms with van der Waals surface area (Å²) in [4.78, 5) is 16.9. The molecule has 0 fully saturated rings. The number of ether oxygens (including phenoxy) is 2. The minimum Gasteiger partial charge on any atom is -0.497 e. The van der Waals surface area contributed by atoms with Crippen molar-refractivity contribution in [3.05, 3.63) is 84.2 Å². The zero-order chi connectivity index (χ0) is 21.6. The number of methoxy groups -OCH3 is 2. The zero-order valence-corrected chi connectivity index (χ0v) is 17.4. The predicted molar refractivity (Wildman–Crippen MR) is 112 cm³/mol. The third-order valence-corrected chi connectivity index (χ3v) is 6.74. The standard InChI is InChI=1S/C22H22N2O5S/c1-28-17-9-11-18(12-10-17)30(26,27)21(16-6-5-13-23-14-16)15-24-22(25)19-7-3-4-8-20(19)29-2/h3-14,21H,15H2,1-2H3,(H,24,25). The van der Waals surface area contributed by atoms with Crippen LogP contribution in [0.1, 0.15) is 21.2 Å². The lowest BCUT2D eigenvalue weighted by atomic mass is 10.1. The van der Waals surface area contributed by atoms with E-state index in [-0.39, 0.29) is 11.4 Å². The molecule has 0 saturated carbocycles. The van der Waals surface area contributed by atoms with E-state index in [4.69, 9.17) is 9.47 Å². The molecule has 1 aromatic heterocycles. The first-order valence-corrected chi connectivity index (χ1v) is 10.7. The van der Waals surface area contributed by atoms with Crippen molar-refractivity contribution < 1.29 is 22.7 Å². The van der Waals surface area contributed by atoms with Crippen LogP contribution < -0.4 is 14.8 Å². The minimum atomic E-state index is -3.81. The number of para-hydroxylation sites is 1. The molecule has 156 valence electrons. The molecule has 0 aliphatic carbocycles. The van der Waals surface area contributed by atoms with Gasteiger partial charge in [0, 0.05) is 18.9 Å². The van der Waals surface area contributed by atoms with Gasteiger partial charge >= 0.3 is 0 Å². The molecule has 2 aromatic carbocycles. The van der Waals surface area contributed by atoms with Crippen LogP contribution in [0.15, 0.2) is 78.0 Å². The highest BCUT2D eigenvalue weighted by molar-refractivity contribution is 7.91. The Bertz CT molecular complexity index is 1100. The van der Waals surface area contributed by atoms with Gasteiger partial charge in [0.05, 0.1) is 24.7 Å². The van der Waals surface area contributed by atoms with Crippen LogP contribution in [-0.4, -0.2) is 40.1 Å². The highest BCUT2D eigenvalue weighted by Crippen LogP contribution is 2.29. The molecule has 30 heavy (non-hydrogen) atoms. The van der Waals surface area contributed by atoms with Crippen molar-refractivity contribution >= 4 is 15.7 Å². The number of hydrogen-bond acceptors (Lipinski definition) is 6. The molecule has 0 radical (unpaired) electrons. The molecule has 0 spiro atoms. The average molecular weight is 426 g/mol. The number of nitrogens with zero attached hydrogens (tertiary/aromatic N) is 1. The first kappa shape index (κ1) is 21.3. The van der Waals surface area contributed by atoms with Gasteiger partial charge in [0.1, 0.15) is 16.7 Å². The molecule has 0 saturated heterocycles. The van der Waals surface area contributed by atoms with Crippen molar-refractivity contribution in [3.8, 4) is 11.5 Å². The molecule has 1 unspecified atom stereocenters. The Kier molecular flexibility index (Phi) is 6.68. The Morgan fingerprint density at radius 1 is 1.00 bits per heavy atom. The van der Waals surface area contributed by atoms with E-state index in [1.54, 1.807) is 54.7 Å². The third kappa shape index (κ3) is 4.60. The number of pyridine rings is 1. The van der Waals surface area contributed by atoms with Crippen LogP contribution in [0.5, 0.6) is 11.5 Å². The summed E-state index contributed by atoms with van der Waals surface area (Å²) in [7, 11) is -0.834. The van der Waals surface area contributed by atoms with E-state index in [1.807, 2.05) is 0 Å². The molecular weight excluding hydrogens is 404 g/mol. The van der Waals surface area contributed by atoms with Gasteiger partial charge in [0.15, 0.2) is 9.84 Å². The Balaban J connectivity index is 1.90. The van der Waals surface area contributed by atoms with E-state index in [9.17, 15) is 13.2 Å². The van der Waals surface area contributed by atoms with E-state index in [0.29, 0.717) is 22.6 Å². The molecule has 1 heterocycles. The zero-order valence-electron chi connectivity index (χ0n) is 16.6. The molecule has 7 nitrogen and oxygen atoms in total. The summed E-state index contributed by atoms with van der Waals surface area (Å²) < 4.78 is 37.0. The molecule has 0 bridgehead atoms. The van der Waals surface area contributed by atoms with Crippen molar-refractivity contribution in [2.75, 3.05) is 20.8 Å². The second-order valence-electron chi connectivity index (χ2n) is 6.41. The fourth-order valence-corrected chi connectivity index (χ4v) is 4.66. The van der Waals surface area contributed by atoms with Crippen molar-refractivity contribution in [2.24, 2.45) is 0 Å². The molecule has 8 heteroatoms. The van der Waals surface area contributed by atoms with Gasteiger partial charge in [0.2, 0.25) is 0 Å². The van der Waals surface area contributed by atoms with Crippen molar-refractivity contribution in [1.82, 2.24) is 10.3 Å². The fourth-order valence-electron chi connectivity index (χ4n) is 3.02. The van der Waals surface area contributed by atoms with Crippen LogP contribution in [0, 0.1) is 0 Å². The van der Waals surface area contributed by atoms with Gasteiger partial charge in [-0.3, -0.25) is 9.78 Å². The normalized spacial score (nSPS) is 12.1. The predicted octanol–water partition coefficient (Wildman–Crippen LogP) is 3.04. The van der Waals surface area contributed by atoms with E-state index in [0.717, 1.165) is 0 Å². The van der Waals surface area contributed by atoms with Gasteiger partial charge in [-0.2, -0.15) is 0 Å². The van der Waals surface area contributed by atoms with Crippen LogP contribution >= 0.6 is 0 Å². The van der Waals surface area contributed by atoms with Gasteiger partial charge < -0.3 is 14.8 Å². The number of hydrogen-bond donors (Lipinski definition) is 1. The summed E-state index contributed by atoms with van der Waals surface area (Å²) in [6, 6.07) is 16.2. The van der Waals surface area contributed by atoms with Crippen LogP contribution in [0.4, 0.5) is 0 Å². The largest absolute Gasteiger partial charge is 0.497 e. The molecule has 1 atom stereocenters. The first-order chi connectivity index (χ1) is 14.5. The summed E-state index contributed by atoms with van der Waals surface area (Å²) in [6.45, 7) is -0.128. The maximum Gasteiger partial charge on any atom is 0.255 e. The first-order valence-electron chi connectivity index (χ1n) is 9.16. The molecule has 3 aromatic rings. The number of nitrogens with one attached hydrogen (secondary N) is 1. The second kappa shape index (κ2) is 9.41. The Morgan fingerprint density at radius 2 is 1.73 bits per heavy atom. The average Bonchev–Trinajstić information content (AvgIpc) is 2.79. The van der Waals surface area contributed by atoms with Crippen LogP contribution in [0.3, 0.4) is 0 Å². The molecule has 1 amide bonds.